The first-order valence-corrected chi connectivity index (χ1v) is 9.46. The van der Waals surface area contributed by atoms with Gasteiger partial charge in [0.2, 0.25) is 4.96 Å². The molecule has 1 atom stereocenters. The van der Waals surface area contributed by atoms with E-state index < -0.39 is 18.0 Å². The number of aryl methyl sites for hydroxylation is 1. The second kappa shape index (κ2) is 7.39. The molecule has 0 spiro atoms. The highest BCUT2D eigenvalue weighted by molar-refractivity contribution is 7.16. The standard InChI is InChI=1S/C18H16N4O5S/c1-2-14-21-22-15(23)7-10(19-18(22)28-14)9-26-16(24)8-13-17(25)20-11-5-3-4-6-12(11)27-13/h3-7,13H,2,8-9H2,1H3,(H,20,25)/t13-/m0/s1. The average Bonchev–Trinajstić information content (AvgIpc) is 3.11. The highest BCUT2D eigenvalue weighted by Gasteiger charge is 2.30. The summed E-state index contributed by atoms with van der Waals surface area (Å²) in [6.07, 6.45) is -0.524. The SMILES string of the molecule is CCc1nn2c(=O)cc(COC(=O)C[C@@H]3Oc4ccccc4NC3=O)nc2s1. The van der Waals surface area contributed by atoms with Crippen molar-refractivity contribution in [2.75, 3.05) is 5.32 Å². The smallest absolute Gasteiger partial charge is 0.310 e. The predicted molar refractivity (Wildman–Crippen MR) is 100 cm³/mol. The maximum Gasteiger partial charge on any atom is 0.310 e. The van der Waals surface area contributed by atoms with Gasteiger partial charge in [-0.15, -0.1) is 0 Å². The van der Waals surface area contributed by atoms with Gasteiger partial charge in [-0.05, 0) is 18.6 Å². The molecule has 9 nitrogen and oxygen atoms in total. The number of hydrogen-bond donors (Lipinski definition) is 1. The molecular weight excluding hydrogens is 384 g/mol. The first-order valence-electron chi connectivity index (χ1n) is 8.64. The molecule has 1 amide bonds. The van der Waals surface area contributed by atoms with E-state index in [1.807, 2.05) is 6.92 Å². The molecule has 10 heteroatoms. The third-order valence-corrected chi connectivity index (χ3v) is 5.13. The monoisotopic (exact) mass is 400 g/mol. The lowest BCUT2D eigenvalue weighted by atomic mass is 10.1. The first kappa shape index (κ1) is 18.1. The van der Waals surface area contributed by atoms with Crippen molar-refractivity contribution in [3.63, 3.8) is 0 Å². The number of aromatic nitrogens is 3. The van der Waals surface area contributed by atoms with Gasteiger partial charge in [0.15, 0.2) is 6.10 Å². The zero-order valence-corrected chi connectivity index (χ0v) is 15.7. The van der Waals surface area contributed by atoms with Crippen LogP contribution in [0.25, 0.3) is 4.96 Å². The molecule has 1 aliphatic rings. The van der Waals surface area contributed by atoms with E-state index in [2.05, 4.69) is 15.4 Å². The Labute approximate surface area is 162 Å². The molecule has 4 rings (SSSR count). The van der Waals surface area contributed by atoms with Gasteiger partial charge in [0, 0.05) is 6.07 Å². The van der Waals surface area contributed by atoms with Crippen LogP contribution in [-0.4, -0.2) is 32.6 Å². The van der Waals surface area contributed by atoms with Gasteiger partial charge >= 0.3 is 5.97 Å². The van der Waals surface area contributed by atoms with E-state index in [4.69, 9.17) is 9.47 Å². The average molecular weight is 400 g/mol. The maximum absolute atomic E-state index is 12.1. The molecule has 0 fully saturated rings. The Morgan fingerprint density at radius 3 is 3.00 bits per heavy atom. The van der Waals surface area contributed by atoms with Crippen molar-refractivity contribution in [3.8, 4) is 5.75 Å². The minimum Gasteiger partial charge on any atom is -0.478 e. The quantitative estimate of drug-likeness (QED) is 0.647. The molecule has 0 unspecified atom stereocenters. The first-order chi connectivity index (χ1) is 13.5. The predicted octanol–water partition coefficient (Wildman–Crippen LogP) is 1.55. The van der Waals surface area contributed by atoms with Crippen LogP contribution in [0.5, 0.6) is 5.75 Å². The molecule has 2 aromatic heterocycles. The summed E-state index contributed by atoms with van der Waals surface area (Å²) in [6, 6.07) is 8.25. The highest BCUT2D eigenvalue weighted by Crippen LogP contribution is 2.29. The van der Waals surface area contributed by atoms with E-state index in [1.165, 1.54) is 21.9 Å². The molecule has 0 saturated carbocycles. The molecule has 1 N–H and O–H groups in total. The topological polar surface area (TPSA) is 112 Å². The van der Waals surface area contributed by atoms with Crippen LogP contribution in [0, 0.1) is 0 Å². The van der Waals surface area contributed by atoms with E-state index in [-0.39, 0.29) is 18.6 Å². The van der Waals surface area contributed by atoms with E-state index in [1.54, 1.807) is 24.3 Å². The number of hydrogen-bond acceptors (Lipinski definition) is 8. The van der Waals surface area contributed by atoms with E-state index in [9.17, 15) is 14.4 Å². The van der Waals surface area contributed by atoms with Crippen LogP contribution in [0.4, 0.5) is 5.69 Å². The Morgan fingerprint density at radius 2 is 2.18 bits per heavy atom. The van der Waals surface area contributed by atoms with Crippen LogP contribution >= 0.6 is 11.3 Å². The van der Waals surface area contributed by atoms with Gasteiger partial charge in [0.1, 0.15) is 17.4 Å². The third kappa shape index (κ3) is 3.58. The van der Waals surface area contributed by atoms with Gasteiger partial charge in [0.05, 0.1) is 17.8 Å². The number of anilines is 1. The number of rotatable bonds is 5. The van der Waals surface area contributed by atoms with Gasteiger partial charge in [-0.2, -0.15) is 9.61 Å². The molecule has 0 saturated heterocycles. The summed E-state index contributed by atoms with van der Waals surface area (Å²) >= 11 is 1.31. The number of esters is 1. The second-order valence-electron chi connectivity index (χ2n) is 6.09. The summed E-state index contributed by atoms with van der Waals surface area (Å²) in [5.74, 6) is -0.540. The largest absolute Gasteiger partial charge is 0.478 e. The van der Waals surface area contributed by atoms with Gasteiger partial charge in [-0.1, -0.05) is 30.4 Å². The van der Waals surface area contributed by atoms with E-state index in [0.717, 1.165) is 5.01 Å². The van der Waals surface area contributed by atoms with Crippen molar-refractivity contribution < 1.29 is 19.1 Å². The van der Waals surface area contributed by atoms with E-state index >= 15 is 0 Å². The van der Waals surface area contributed by atoms with Crippen LogP contribution in [0.2, 0.25) is 0 Å². The number of nitrogens with zero attached hydrogens (tertiary/aromatic N) is 3. The molecule has 144 valence electrons. The molecular formula is C18H16N4O5S. The summed E-state index contributed by atoms with van der Waals surface area (Å²) < 4.78 is 12.0. The second-order valence-corrected chi connectivity index (χ2v) is 7.13. The molecule has 1 aromatic carbocycles. The van der Waals surface area contributed by atoms with Crippen LogP contribution in [0.15, 0.2) is 35.1 Å². The van der Waals surface area contributed by atoms with Crippen LogP contribution in [0.1, 0.15) is 24.0 Å². The Hall–Kier alpha value is -3.27. The number of carbonyl (C=O) groups is 2. The number of amides is 1. The molecule has 3 aromatic rings. The fourth-order valence-corrected chi connectivity index (χ4v) is 3.56. The molecule has 3 heterocycles. The summed E-state index contributed by atoms with van der Waals surface area (Å²) in [6.45, 7) is 1.77. The van der Waals surface area contributed by atoms with Crippen LogP contribution in [0.3, 0.4) is 0 Å². The lowest BCUT2D eigenvalue weighted by molar-refractivity contribution is -0.149. The minimum atomic E-state index is -0.975. The van der Waals surface area contributed by atoms with Crippen molar-refractivity contribution in [3.05, 3.63) is 51.4 Å². The Morgan fingerprint density at radius 1 is 1.36 bits per heavy atom. The van der Waals surface area contributed by atoms with Crippen LogP contribution < -0.4 is 15.6 Å². The van der Waals surface area contributed by atoms with Gasteiger partial charge in [-0.3, -0.25) is 14.4 Å². The Balaban J connectivity index is 1.40. The maximum atomic E-state index is 12.1. The van der Waals surface area contributed by atoms with Crippen molar-refractivity contribution in [1.82, 2.24) is 14.6 Å². The molecule has 0 bridgehead atoms. The zero-order valence-electron chi connectivity index (χ0n) is 14.9. The molecule has 0 aliphatic carbocycles. The lowest BCUT2D eigenvalue weighted by Gasteiger charge is -2.25. The van der Waals surface area contributed by atoms with Gasteiger partial charge in [0.25, 0.3) is 11.5 Å². The minimum absolute atomic E-state index is 0.172. The number of carbonyl (C=O) groups excluding carboxylic acids is 2. The highest BCUT2D eigenvalue weighted by atomic mass is 32.1. The number of benzene rings is 1. The Bertz CT molecular complexity index is 1120. The third-order valence-electron chi connectivity index (χ3n) is 4.08. The number of para-hydroxylation sites is 2. The number of ether oxygens (including phenoxy) is 2. The molecule has 28 heavy (non-hydrogen) atoms. The van der Waals surface area contributed by atoms with Crippen molar-refractivity contribution in [2.45, 2.75) is 32.5 Å². The molecule has 0 radical (unpaired) electrons. The van der Waals surface area contributed by atoms with Crippen molar-refractivity contribution in [1.29, 1.82) is 0 Å². The van der Waals surface area contributed by atoms with Crippen LogP contribution in [-0.2, 0) is 27.4 Å². The zero-order chi connectivity index (χ0) is 19.7. The normalized spacial score (nSPS) is 15.6. The summed E-state index contributed by atoms with van der Waals surface area (Å²) in [5.41, 5.74) is 0.550. The van der Waals surface area contributed by atoms with Crippen molar-refractivity contribution in [2.24, 2.45) is 0 Å². The molecule has 1 aliphatic heterocycles. The number of nitrogens with one attached hydrogen (secondary N) is 1. The number of fused-ring (bicyclic) bond motifs is 2. The van der Waals surface area contributed by atoms with E-state index in [0.29, 0.717) is 28.5 Å². The fourth-order valence-electron chi connectivity index (χ4n) is 2.70. The summed E-state index contributed by atoms with van der Waals surface area (Å²) in [4.78, 5) is 41.1. The van der Waals surface area contributed by atoms with Crippen molar-refractivity contribution >= 4 is 33.9 Å². The summed E-state index contributed by atoms with van der Waals surface area (Å²) in [7, 11) is 0. The van der Waals surface area contributed by atoms with Gasteiger partial charge in [-0.25, -0.2) is 4.98 Å². The fraction of sp³-hybridized carbons (Fsp3) is 0.278. The Kier molecular flexibility index (Phi) is 4.78. The van der Waals surface area contributed by atoms with Gasteiger partial charge < -0.3 is 14.8 Å². The lowest BCUT2D eigenvalue weighted by Crippen LogP contribution is -2.38. The summed E-state index contributed by atoms with van der Waals surface area (Å²) in [5, 5.41) is 7.64.